The lowest BCUT2D eigenvalue weighted by Crippen LogP contribution is -2.20. The van der Waals surface area contributed by atoms with E-state index in [1.807, 2.05) is 4.57 Å². The fraction of sp³-hybridized carbons (Fsp3) is 0.462. The predicted octanol–water partition coefficient (Wildman–Crippen LogP) is 3.68. The van der Waals surface area contributed by atoms with Gasteiger partial charge >= 0.3 is 0 Å². The Morgan fingerprint density at radius 1 is 1.44 bits per heavy atom. The second-order valence-corrected chi connectivity index (χ2v) is 5.12. The molecule has 0 amide bonds. The molecule has 0 radical (unpaired) electrons. The van der Waals surface area contributed by atoms with Crippen LogP contribution in [-0.4, -0.2) is 23.3 Å². The largest absolute Gasteiger partial charge is 0.383 e. The summed E-state index contributed by atoms with van der Waals surface area (Å²) in [5, 5.41) is 0. The average Bonchev–Trinajstić information content (AvgIpc) is 2.61. The Balaban J connectivity index is 2.61. The third-order valence-electron chi connectivity index (χ3n) is 3.12. The van der Waals surface area contributed by atoms with Crippen molar-refractivity contribution in [3.8, 4) is 0 Å². The van der Waals surface area contributed by atoms with Crippen LogP contribution in [0.25, 0.3) is 11.0 Å². The molecule has 1 aromatic heterocycles. The van der Waals surface area contributed by atoms with Gasteiger partial charge < -0.3 is 14.3 Å². The summed E-state index contributed by atoms with van der Waals surface area (Å²) >= 11 is 5.34. The molecule has 0 saturated heterocycles. The monoisotopic (exact) mass is 268 g/mol. The topological polar surface area (TPSA) is 29.9 Å². The van der Waals surface area contributed by atoms with Crippen LogP contribution in [0.1, 0.15) is 19.9 Å². The Kier molecular flexibility index (Phi) is 3.82. The van der Waals surface area contributed by atoms with Crippen molar-refractivity contribution in [2.45, 2.75) is 19.9 Å². The Hall–Kier alpha value is -1.20. The van der Waals surface area contributed by atoms with Crippen LogP contribution in [0, 0.1) is 16.5 Å². The van der Waals surface area contributed by atoms with Crippen molar-refractivity contribution in [3.05, 3.63) is 28.8 Å². The highest BCUT2D eigenvalue weighted by Gasteiger charge is 2.19. The first-order valence-corrected chi connectivity index (χ1v) is 6.34. The van der Waals surface area contributed by atoms with Crippen molar-refractivity contribution in [2.75, 3.05) is 13.7 Å². The molecule has 2 rings (SSSR count). The Bertz CT molecular complexity index is 603. The van der Waals surface area contributed by atoms with Crippen molar-refractivity contribution < 1.29 is 9.13 Å². The molecule has 0 aliphatic rings. The number of hydrogen-bond donors (Lipinski definition) is 1. The fourth-order valence-electron chi connectivity index (χ4n) is 2.17. The number of fused-ring (bicyclic) bond motifs is 1. The van der Waals surface area contributed by atoms with Gasteiger partial charge in [0.25, 0.3) is 0 Å². The Labute approximate surface area is 111 Å². The Morgan fingerprint density at radius 2 is 2.17 bits per heavy atom. The third-order valence-corrected chi connectivity index (χ3v) is 3.42. The number of hydrogen-bond acceptors (Lipinski definition) is 2. The minimum Gasteiger partial charge on any atom is -0.383 e. The van der Waals surface area contributed by atoms with Crippen molar-refractivity contribution in [1.29, 1.82) is 0 Å². The van der Waals surface area contributed by atoms with E-state index >= 15 is 0 Å². The molecule has 0 bridgehead atoms. The molecule has 0 aliphatic heterocycles. The lowest BCUT2D eigenvalue weighted by molar-refractivity contribution is 0.134. The number of methoxy groups -OCH3 is 1. The number of benzene rings is 1. The van der Waals surface area contributed by atoms with Crippen molar-refractivity contribution >= 4 is 23.3 Å². The third kappa shape index (κ3) is 2.33. The van der Waals surface area contributed by atoms with Crippen LogP contribution in [0.3, 0.4) is 0 Å². The number of rotatable bonds is 4. The normalized spacial score (nSPS) is 13.4. The van der Waals surface area contributed by atoms with Gasteiger partial charge in [-0.3, -0.25) is 0 Å². The van der Waals surface area contributed by atoms with E-state index in [4.69, 9.17) is 17.0 Å². The summed E-state index contributed by atoms with van der Waals surface area (Å²) in [6.07, 6.45) is 0. The van der Waals surface area contributed by atoms with Crippen LogP contribution in [0.2, 0.25) is 0 Å². The lowest BCUT2D eigenvalue weighted by Gasteiger charge is -2.22. The SMILES string of the molecule is COCC(C(C)C)n1c(=S)[nH]c2cc(F)ccc21. The molecule has 0 aliphatic carbocycles. The van der Waals surface area contributed by atoms with Gasteiger partial charge in [-0.2, -0.15) is 0 Å². The first kappa shape index (κ1) is 13.2. The molecule has 0 spiro atoms. The van der Waals surface area contributed by atoms with Gasteiger partial charge in [0, 0.05) is 7.11 Å². The first-order valence-electron chi connectivity index (χ1n) is 5.93. The van der Waals surface area contributed by atoms with Gasteiger partial charge in [0.15, 0.2) is 4.77 Å². The summed E-state index contributed by atoms with van der Waals surface area (Å²) in [6.45, 7) is 4.82. The molecule has 18 heavy (non-hydrogen) atoms. The van der Waals surface area contributed by atoms with Crippen LogP contribution < -0.4 is 0 Å². The minimum absolute atomic E-state index is 0.140. The second-order valence-electron chi connectivity index (χ2n) is 4.73. The molecule has 3 nitrogen and oxygen atoms in total. The number of nitrogens with one attached hydrogen (secondary N) is 1. The number of imidazole rings is 1. The van der Waals surface area contributed by atoms with E-state index in [1.54, 1.807) is 13.2 Å². The van der Waals surface area contributed by atoms with E-state index in [9.17, 15) is 4.39 Å². The van der Waals surface area contributed by atoms with Gasteiger partial charge in [0.2, 0.25) is 0 Å². The lowest BCUT2D eigenvalue weighted by atomic mass is 10.1. The smallest absolute Gasteiger partial charge is 0.178 e. The molecule has 1 atom stereocenters. The highest BCUT2D eigenvalue weighted by Crippen LogP contribution is 2.25. The summed E-state index contributed by atoms with van der Waals surface area (Å²) in [7, 11) is 1.67. The fourth-order valence-corrected chi connectivity index (χ4v) is 2.51. The number of nitrogens with zero attached hydrogens (tertiary/aromatic N) is 1. The average molecular weight is 268 g/mol. The van der Waals surface area contributed by atoms with Crippen LogP contribution in [0.5, 0.6) is 0 Å². The van der Waals surface area contributed by atoms with E-state index in [-0.39, 0.29) is 11.9 Å². The quantitative estimate of drug-likeness (QED) is 0.857. The van der Waals surface area contributed by atoms with Gasteiger partial charge in [0.1, 0.15) is 5.82 Å². The summed E-state index contributed by atoms with van der Waals surface area (Å²) < 4.78 is 21.1. The summed E-state index contributed by atoms with van der Waals surface area (Å²) in [6, 6.07) is 4.81. The van der Waals surface area contributed by atoms with E-state index in [1.165, 1.54) is 12.1 Å². The number of H-pyrrole nitrogens is 1. The maximum Gasteiger partial charge on any atom is 0.178 e. The number of aromatic amines is 1. The van der Waals surface area contributed by atoms with Gasteiger partial charge in [0.05, 0.1) is 23.7 Å². The zero-order valence-electron chi connectivity index (χ0n) is 10.7. The molecule has 1 N–H and O–H groups in total. The van der Waals surface area contributed by atoms with Crippen LogP contribution >= 0.6 is 12.2 Å². The number of halogens is 1. The predicted molar refractivity (Wildman–Crippen MR) is 72.8 cm³/mol. The van der Waals surface area contributed by atoms with Crippen molar-refractivity contribution in [1.82, 2.24) is 9.55 Å². The van der Waals surface area contributed by atoms with E-state index < -0.39 is 0 Å². The molecule has 5 heteroatoms. The summed E-state index contributed by atoms with van der Waals surface area (Å²) in [5.41, 5.74) is 1.64. The van der Waals surface area contributed by atoms with Gasteiger partial charge in [-0.1, -0.05) is 13.8 Å². The van der Waals surface area contributed by atoms with Crippen LogP contribution in [-0.2, 0) is 4.74 Å². The van der Waals surface area contributed by atoms with Gasteiger partial charge in [-0.15, -0.1) is 0 Å². The molecular weight excluding hydrogens is 251 g/mol. The zero-order valence-corrected chi connectivity index (χ0v) is 11.6. The zero-order chi connectivity index (χ0) is 13.3. The minimum atomic E-state index is -0.265. The van der Waals surface area contributed by atoms with E-state index in [0.29, 0.717) is 17.3 Å². The second kappa shape index (κ2) is 5.20. The molecule has 1 unspecified atom stereocenters. The number of aromatic nitrogens is 2. The first-order chi connectivity index (χ1) is 8.54. The van der Waals surface area contributed by atoms with Gasteiger partial charge in [-0.05, 0) is 36.3 Å². The molecule has 0 saturated carbocycles. The summed E-state index contributed by atoms with van der Waals surface area (Å²) in [4.78, 5) is 3.04. The van der Waals surface area contributed by atoms with Crippen molar-refractivity contribution in [2.24, 2.45) is 5.92 Å². The highest BCUT2D eigenvalue weighted by atomic mass is 32.1. The molecular formula is C13H17FN2OS. The highest BCUT2D eigenvalue weighted by molar-refractivity contribution is 7.71. The van der Waals surface area contributed by atoms with Gasteiger partial charge in [-0.25, -0.2) is 4.39 Å². The van der Waals surface area contributed by atoms with Crippen molar-refractivity contribution in [3.63, 3.8) is 0 Å². The molecule has 0 fully saturated rings. The maximum atomic E-state index is 13.2. The maximum absolute atomic E-state index is 13.2. The van der Waals surface area contributed by atoms with E-state index in [2.05, 4.69) is 18.8 Å². The van der Waals surface area contributed by atoms with E-state index in [0.717, 1.165) is 11.0 Å². The molecule has 1 aromatic carbocycles. The molecule has 2 aromatic rings. The Morgan fingerprint density at radius 3 is 2.78 bits per heavy atom. The van der Waals surface area contributed by atoms with Crippen LogP contribution in [0.15, 0.2) is 18.2 Å². The summed E-state index contributed by atoms with van der Waals surface area (Å²) in [5.74, 6) is 0.111. The molecule has 1 heterocycles. The molecule has 98 valence electrons. The van der Waals surface area contributed by atoms with Crippen LogP contribution in [0.4, 0.5) is 4.39 Å². The number of ether oxygens (including phenoxy) is 1. The standard InChI is InChI=1S/C13H17FN2OS/c1-8(2)12(7-17-3)16-11-5-4-9(14)6-10(11)15-13(16)18/h4-6,8,12H,7H2,1-3H3,(H,15,18).